The minimum atomic E-state index is -3.10. The Hall–Kier alpha value is -1.82. The first-order valence-corrected chi connectivity index (χ1v) is 8.11. The van der Waals surface area contributed by atoms with Crippen molar-refractivity contribution in [2.45, 2.75) is 19.1 Å². The van der Waals surface area contributed by atoms with Gasteiger partial charge >= 0.3 is 0 Å². The molecular formula is C14H18N2O3S. The van der Waals surface area contributed by atoms with Gasteiger partial charge in [0.05, 0.1) is 11.0 Å². The molecule has 0 amide bonds. The number of ether oxygens (including phenoxy) is 1. The summed E-state index contributed by atoms with van der Waals surface area (Å²) in [4.78, 5) is 4.24. The molecule has 0 aliphatic carbocycles. The Kier molecular flexibility index (Phi) is 4.13. The normalized spacial score (nSPS) is 11.9. The van der Waals surface area contributed by atoms with E-state index in [1.165, 1.54) is 0 Å². The number of nitrogens with two attached hydrogens (primary N) is 1. The maximum Gasteiger partial charge on any atom is 0.155 e. The minimum absolute atomic E-state index is 0.0105. The molecule has 1 aromatic heterocycles. The maximum absolute atomic E-state index is 11.7. The number of aromatic nitrogens is 1. The van der Waals surface area contributed by atoms with Gasteiger partial charge in [-0.25, -0.2) is 8.42 Å². The third-order valence-electron chi connectivity index (χ3n) is 3.11. The fourth-order valence-corrected chi connectivity index (χ4v) is 2.58. The first-order chi connectivity index (χ1) is 9.42. The van der Waals surface area contributed by atoms with Crippen molar-refractivity contribution in [1.29, 1.82) is 0 Å². The van der Waals surface area contributed by atoms with E-state index < -0.39 is 15.1 Å². The highest BCUT2D eigenvalue weighted by atomic mass is 32.2. The summed E-state index contributed by atoms with van der Waals surface area (Å²) in [7, 11) is -3.10. The number of anilines is 1. The Morgan fingerprint density at radius 3 is 2.75 bits per heavy atom. The highest BCUT2D eigenvalue weighted by Crippen LogP contribution is 2.27. The quantitative estimate of drug-likeness (QED) is 0.853. The summed E-state index contributed by atoms with van der Waals surface area (Å²) in [6.07, 6.45) is 1.65. The molecule has 0 spiro atoms. The van der Waals surface area contributed by atoms with Crippen LogP contribution in [0.5, 0.6) is 5.75 Å². The van der Waals surface area contributed by atoms with Crippen LogP contribution in [0.2, 0.25) is 0 Å². The van der Waals surface area contributed by atoms with Crippen LogP contribution in [0.3, 0.4) is 0 Å². The molecule has 20 heavy (non-hydrogen) atoms. The molecular weight excluding hydrogens is 276 g/mol. The average Bonchev–Trinajstić information content (AvgIpc) is 2.41. The lowest BCUT2D eigenvalue weighted by atomic mass is 10.2. The molecule has 2 aromatic rings. The zero-order valence-corrected chi connectivity index (χ0v) is 12.4. The molecule has 0 saturated carbocycles. The molecule has 2 rings (SSSR count). The second-order valence-corrected chi connectivity index (χ2v) is 7.49. The second-order valence-electron chi connectivity index (χ2n) is 4.82. The average molecular weight is 294 g/mol. The standard InChI is InChI=1S/C14H18N2O3S/c1-10(2)20(17,18)9-8-19-13-6-5-12(15)11-4-3-7-16-14(11)13/h3-7,10H,8-9,15H2,1-2H3. The van der Waals surface area contributed by atoms with Crippen LogP contribution >= 0.6 is 0 Å². The molecule has 1 heterocycles. The Labute approximate surface area is 118 Å². The van der Waals surface area contributed by atoms with Crippen LogP contribution in [0.4, 0.5) is 5.69 Å². The van der Waals surface area contributed by atoms with E-state index in [0.29, 0.717) is 17.0 Å². The van der Waals surface area contributed by atoms with Crippen molar-refractivity contribution in [3.8, 4) is 5.75 Å². The summed E-state index contributed by atoms with van der Waals surface area (Å²) in [6.45, 7) is 3.43. The number of rotatable bonds is 5. The van der Waals surface area contributed by atoms with Crippen molar-refractivity contribution in [3.63, 3.8) is 0 Å². The first-order valence-electron chi connectivity index (χ1n) is 6.39. The zero-order valence-electron chi connectivity index (χ0n) is 11.5. The molecule has 0 unspecified atom stereocenters. The van der Waals surface area contributed by atoms with Gasteiger partial charge in [0.15, 0.2) is 9.84 Å². The van der Waals surface area contributed by atoms with Gasteiger partial charge < -0.3 is 10.5 Å². The van der Waals surface area contributed by atoms with E-state index in [2.05, 4.69) is 4.98 Å². The van der Waals surface area contributed by atoms with Gasteiger partial charge in [-0.2, -0.15) is 0 Å². The highest BCUT2D eigenvalue weighted by Gasteiger charge is 2.16. The van der Waals surface area contributed by atoms with Gasteiger partial charge in [0.1, 0.15) is 17.9 Å². The number of nitrogen functional groups attached to an aromatic ring is 1. The zero-order chi connectivity index (χ0) is 14.8. The van der Waals surface area contributed by atoms with Crippen molar-refractivity contribution in [2.24, 2.45) is 0 Å². The van der Waals surface area contributed by atoms with Crippen LogP contribution in [0, 0.1) is 0 Å². The third-order valence-corrected chi connectivity index (χ3v) is 5.28. The maximum atomic E-state index is 11.7. The van der Waals surface area contributed by atoms with Crippen molar-refractivity contribution in [1.82, 2.24) is 4.98 Å². The lowest BCUT2D eigenvalue weighted by molar-refractivity contribution is 0.344. The van der Waals surface area contributed by atoms with Crippen molar-refractivity contribution < 1.29 is 13.2 Å². The van der Waals surface area contributed by atoms with Crippen LogP contribution in [0.1, 0.15) is 13.8 Å². The van der Waals surface area contributed by atoms with Crippen molar-refractivity contribution >= 4 is 26.4 Å². The molecule has 0 radical (unpaired) electrons. The monoisotopic (exact) mass is 294 g/mol. The molecule has 0 fully saturated rings. The van der Waals surface area contributed by atoms with Gasteiger partial charge in [-0.1, -0.05) is 0 Å². The van der Waals surface area contributed by atoms with Gasteiger partial charge in [0, 0.05) is 17.3 Å². The summed E-state index contributed by atoms with van der Waals surface area (Å²) >= 11 is 0. The Balaban J connectivity index is 2.17. The Morgan fingerprint density at radius 2 is 2.05 bits per heavy atom. The van der Waals surface area contributed by atoms with E-state index in [0.717, 1.165) is 5.39 Å². The smallest absolute Gasteiger partial charge is 0.155 e. The molecule has 0 bridgehead atoms. The van der Waals surface area contributed by atoms with Crippen LogP contribution in [-0.4, -0.2) is 31.0 Å². The number of pyridine rings is 1. The number of hydrogen-bond donors (Lipinski definition) is 1. The largest absolute Gasteiger partial charge is 0.490 e. The van der Waals surface area contributed by atoms with E-state index >= 15 is 0 Å². The van der Waals surface area contributed by atoms with Crippen LogP contribution < -0.4 is 10.5 Å². The Morgan fingerprint density at radius 1 is 1.30 bits per heavy atom. The molecule has 0 aliphatic rings. The van der Waals surface area contributed by atoms with Crippen LogP contribution in [0.15, 0.2) is 30.5 Å². The van der Waals surface area contributed by atoms with Gasteiger partial charge in [-0.05, 0) is 38.1 Å². The van der Waals surface area contributed by atoms with Crippen molar-refractivity contribution in [2.75, 3.05) is 18.1 Å². The fraction of sp³-hybridized carbons (Fsp3) is 0.357. The van der Waals surface area contributed by atoms with Crippen molar-refractivity contribution in [3.05, 3.63) is 30.5 Å². The topological polar surface area (TPSA) is 82.3 Å². The van der Waals surface area contributed by atoms with E-state index in [1.54, 1.807) is 38.2 Å². The predicted octanol–water partition coefficient (Wildman–Crippen LogP) is 2.02. The molecule has 0 saturated heterocycles. The third kappa shape index (κ3) is 3.01. The second kappa shape index (κ2) is 5.66. The van der Waals surface area contributed by atoms with Gasteiger partial charge in [-0.15, -0.1) is 0 Å². The molecule has 5 nitrogen and oxygen atoms in total. The number of nitrogens with zero attached hydrogens (tertiary/aromatic N) is 1. The summed E-state index contributed by atoms with van der Waals surface area (Å²) in [6, 6.07) is 7.10. The number of benzene rings is 1. The first kappa shape index (κ1) is 14.6. The number of sulfone groups is 1. The lowest BCUT2D eigenvalue weighted by Crippen LogP contribution is -2.22. The highest BCUT2D eigenvalue weighted by molar-refractivity contribution is 7.91. The fourth-order valence-electron chi connectivity index (χ4n) is 1.79. The van der Waals surface area contributed by atoms with Crippen LogP contribution in [0.25, 0.3) is 10.9 Å². The number of fused-ring (bicyclic) bond motifs is 1. The van der Waals surface area contributed by atoms with Gasteiger partial charge in [0.25, 0.3) is 0 Å². The summed E-state index contributed by atoms with van der Waals surface area (Å²) in [5.41, 5.74) is 7.14. The SMILES string of the molecule is CC(C)S(=O)(=O)CCOc1ccc(N)c2cccnc12. The summed E-state index contributed by atoms with van der Waals surface area (Å²) in [5, 5.41) is 0.407. The van der Waals surface area contributed by atoms with Crippen LogP contribution in [-0.2, 0) is 9.84 Å². The van der Waals surface area contributed by atoms with Gasteiger partial charge in [0.2, 0.25) is 0 Å². The number of hydrogen-bond acceptors (Lipinski definition) is 5. The Bertz CT molecular complexity index is 711. The molecule has 1 aromatic carbocycles. The predicted molar refractivity (Wildman–Crippen MR) is 80.6 cm³/mol. The molecule has 108 valence electrons. The van der Waals surface area contributed by atoms with E-state index in [9.17, 15) is 8.42 Å². The molecule has 2 N–H and O–H groups in total. The minimum Gasteiger partial charge on any atom is -0.490 e. The molecule has 0 aliphatic heterocycles. The summed E-state index contributed by atoms with van der Waals surface area (Å²) < 4.78 is 29.0. The molecule has 6 heteroatoms. The summed E-state index contributed by atoms with van der Waals surface area (Å²) in [5.74, 6) is 0.539. The van der Waals surface area contributed by atoms with E-state index in [1.807, 2.05) is 6.07 Å². The van der Waals surface area contributed by atoms with E-state index in [-0.39, 0.29) is 12.4 Å². The van der Waals surface area contributed by atoms with Gasteiger partial charge in [-0.3, -0.25) is 4.98 Å². The molecule has 0 atom stereocenters. The van der Waals surface area contributed by atoms with E-state index in [4.69, 9.17) is 10.5 Å². The lowest BCUT2D eigenvalue weighted by Gasteiger charge is -2.11.